The molecule has 26 heavy (non-hydrogen) atoms. The molecule has 1 amide bonds. The van der Waals surface area contributed by atoms with E-state index < -0.39 is 0 Å². The van der Waals surface area contributed by atoms with Gasteiger partial charge < -0.3 is 10.4 Å². The van der Waals surface area contributed by atoms with Crippen LogP contribution in [0.25, 0.3) is 0 Å². The maximum atomic E-state index is 12.8. The van der Waals surface area contributed by atoms with Crippen molar-refractivity contribution in [2.45, 2.75) is 44.5 Å². The lowest BCUT2D eigenvalue weighted by Gasteiger charge is -2.28. The number of hydrogen-bond donors (Lipinski definition) is 2. The Hall–Kier alpha value is -2.21. The van der Waals surface area contributed by atoms with Gasteiger partial charge in [0.15, 0.2) is 0 Å². The highest BCUT2D eigenvalue weighted by atomic mass is 16.7. The lowest BCUT2D eigenvalue weighted by molar-refractivity contribution is -0.192. The van der Waals surface area contributed by atoms with E-state index in [1.165, 1.54) is 0 Å². The van der Waals surface area contributed by atoms with Crippen LogP contribution in [0.15, 0.2) is 60.7 Å². The summed E-state index contributed by atoms with van der Waals surface area (Å²) >= 11 is 0. The molecule has 0 saturated carbocycles. The highest BCUT2D eigenvalue weighted by Crippen LogP contribution is 2.32. The quantitative estimate of drug-likeness (QED) is 0.803. The third kappa shape index (κ3) is 4.49. The van der Waals surface area contributed by atoms with Gasteiger partial charge in [-0.15, -0.1) is 0 Å². The topological polar surface area (TPSA) is 61.8 Å². The SMILES string of the molecule is C[C@H](c1ccccc1)N1OC(CCO)CC1C(=O)NCc1ccccc1. The van der Waals surface area contributed by atoms with Crippen LogP contribution < -0.4 is 5.32 Å². The number of carbonyl (C=O) groups is 1. The molecule has 1 aliphatic rings. The monoisotopic (exact) mass is 354 g/mol. The number of aliphatic hydroxyl groups excluding tert-OH is 1. The summed E-state index contributed by atoms with van der Waals surface area (Å²) in [6.45, 7) is 2.58. The van der Waals surface area contributed by atoms with Crippen LogP contribution in [0.5, 0.6) is 0 Å². The van der Waals surface area contributed by atoms with E-state index in [9.17, 15) is 9.90 Å². The molecule has 5 heteroatoms. The van der Waals surface area contributed by atoms with Crippen LogP contribution >= 0.6 is 0 Å². The smallest absolute Gasteiger partial charge is 0.240 e. The zero-order chi connectivity index (χ0) is 18.4. The maximum Gasteiger partial charge on any atom is 0.240 e. The molecular formula is C21H26N2O3. The largest absolute Gasteiger partial charge is 0.396 e. The van der Waals surface area contributed by atoms with Gasteiger partial charge in [0.2, 0.25) is 5.91 Å². The lowest BCUT2D eigenvalue weighted by Crippen LogP contribution is -2.43. The number of hydrogen-bond acceptors (Lipinski definition) is 4. The standard InChI is InChI=1S/C21H26N2O3/c1-16(18-10-6-3-7-11-18)23-20(14-19(26-23)12-13-24)21(25)22-15-17-8-4-2-5-9-17/h2-11,16,19-20,24H,12-15H2,1H3,(H,22,25)/t16-,19?,20?/m1/s1. The van der Waals surface area contributed by atoms with E-state index in [2.05, 4.69) is 5.32 Å². The summed E-state index contributed by atoms with van der Waals surface area (Å²) in [5.74, 6) is -0.0444. The van der Waals surface area contributed by atoms with Crippen molar-refractivity contribution < 1.29 is 14.7 Å². The number of nitrogens with zero attached hydrogens (tertiary/aromatic N) is 1. The lowest BCUT2D eigenvalue weighted by atomic mass is 10.0. The molecule has 3 rings (SSSR count). The molecule has 0 aromatic heterocycles. The molecule has 0 radical (unpaired) electrons. The first-order valence-corrected chi connectivity index (χ1v) is 9.11. The number of rotatable bonds is 7. The summed E-state index contributed by atoms with van der Waals surface area (Å²) in [6.07, 6.45) is 0.970. The van der Waals surface area contributed by atoms with Crippen molar-refractivity contribution in [1.82, 2.24) is 10.4 Å². The van der Waals surface area contributed by atoms with Gasteiger partial charge in [-0.05, 0) is 24.5 Å². The zero-order valence-corrected chi connectivity index (χ0v) is 15.0. The minimum Gasteiger partial charge on any atom is -0.396 e. The Bertz CT molecular complexity index is 693. The molecule has 1 fully saturated rings. The summed E-state index contributed by atoms with van der Waals surface area (Å²) in [6, 6.07) is 19.4. The van der Waals surface area contributed by atoms with Crippen LogP contribution in [0.1, 0.15) is 36.9 Å². The Morgan fingerprint density at radius 3 is 2.50 bits per heavy atom. The van der Waals surface area contributed by atoms with Gasteiger partial charge in [0.25, 0.3) is 0 Å². The summed E-state index contributed by atoms with van der Waals surface area (Å²) < 4.78 is 0. The fourth-order valence-corrected chi connectivity index (χ4v) is 3.32. The third-order valence-electron chi connectivity index (χ3n) is 4.79. The molecular weight excluding hydrogens is 328 g/mol. The number of benzene rings is 2. The first-order chi connectivity index (χ1) is 12.7. The molecule has 2 unspecified atom stereocenters. The molecule has 2 aromatic rings. The van der Waals surface area contributed by atoms with Gasteiger partial charge in [0.05, 0.1) is 12.1 Å². The molecule has 1 heterocycles. The summed E-state index contributed by atoms with van der Waals surface area (Å²) in [5, 5.41) is 14.1. The zero-order valence-electron chi connectivity index (χ0n) is 15.0. The highest BCUT2D eigenvalue weighted by molar-refractivity contribution is 5.81. The fraction of sp³-hybridized carbons (Fsp3) is 0.381. The molecule has 0 aliphatic carbocycles. The van der Waals surface area contributed by atoms with Gasteiger partial charge in [-0.25, -0.2) is 0 Å². The molecule has 2 aromatic carbocycles. The molecule has 1 aliphatic heterocycles. The molecule has 0 spiro atoms. The van der Waals surface area contributed by atoms with E-state index in [1.807, 2.05) is 67.6 Å². The predicted octanol–water partition coefficient (Wildman–Crippen LogP) is 2.82. The number of nitrogens with one attached hydrogen (secondary N) is 1. The Balaban J connectivity index is 1.70. The third-order valence-corrected chi connectivity index (χ3v) is 4.79. The second kappa shape index (κ2) is 8.94. The molecule has 0 bridgehead atoms. The number of hydroxylamine groups is 2. The average Bonchev–Trinajstić information content (AvgIpc) is 3.11. The van der Waals surface area contributed by atoms with Crippen molar-refractivity contribution in [3.05, 3.63) is 71.8 Å². The Morgan fingerprint density at radius 2 is 1.85 bits per heavy atom. The predicted molar refractivity (Wildman–Crippen MR) is 100.0 cm³/mol. The van der Waals surface area contributed by atoms with Crippen molar-refractivity contribution in [3.8, 4) is 0 Å². The second-order valence-corrected chi connectivity index (χ2v) is 6.64. The van der Waals surface area contributed by atoms with E-state index >= 15 is 0 Å². The minimum absolute atomic E-state index is 0.0444. The van der Waals surface area contributed by atoms with Crippen LogP contribution in [0.3, 0.4) is 0 Å². The summed E-state index contributed by atoms with van der Waals surface area (Å²) in [7, 11) is 0. The van der Waals surface area contributed by atoms with E-state index in [0.29, 0.717) is 19.4 Å². The minimum atomic E-state index is -0.370. The van der Waals surface area contributed by atoms with Gasteiger partial charge in [-0.3, -0.25) is 9.63 Å². The van der Waals surface area contributed by atoms with Gasteiger partial charge in [-0.1, -0.05) is 60.7 Å². The van der Waals surface area contributed by atoms with Gasteiger partial charge in [0.1, 0.15) is 6.04 Å². The molecule has 138 valence electrons. The van der Waals surface area contributed by atoms with Crippen molar-refractivity contribution in [1.29, 1.82) is 0 Å². The second-order valence-electron chi connectivity index (χ2n) is 6.64. The first-order valence-electron chi connectivity index (χ1n) is 9.11. The highest BCUT2D eigenvalue weighted by Gasteiger charge is 2.40. The Kier molecular flexibility index (Phi) is 6.39. The normalized spacial score (nSPS) is 21.5. The number of amides is 1. The van der Waals surface area contributed by atoms with E-state index in [-0.39, 0.29) is 30.7 Å². The maximum absolute atomic E-state index is 12.8. The van der Waals surface area contributed by atoms with E-state index in [1.54, 1.807) is 5.06 Å². The van der Waals surface area contributed by atoms with Crippen LogP contribution in [0.2, 0.25) is 0 Å². The van der Waals surface area contributed by atoms with Crippen molar-refractivity contribution in [2.24, 2.45) is 0 Å². The van der Waals surface area contributed by atoms with Crippen molar-refractivity contribution in [2.75, 3.05) is 6.61 Å². The summed E-state index contributed by atoms with van der Waals surface area (Å²) in [4.78, 5) is 18.8. The number of aliphatic hydroxyl groups is 1. The van der Waals surface area contributed by atoms with Crippen LogP contribution in [-0.4, -0.2) is 34.8 Å². The van der Waals surface area contributed by atoms with Gasteiger partial charge in [0, 0.05) is 19.6 Å². The Labute approximate surface area is 154 Å². The average molecular weight is 354 g/mol. The first kappa shape index (κ1) is 18.6. The molecule has 3 atom stereocenters. The fourth-order valence-electron chi connectivity index (χ4n) is 3.32. The summed E-state index contributed by atoms with van der Waals surface area (Å²) in [5.41, 5.74) is 2.16. The van der Waals surface area contributed by atoms with Crippen molar-refractivity contribution in [3.63, 3.8) is 0 Å². The van der Waals surface area contributed by atoms with Crippen LogP contribution in [0, 0.1) is 0 Å². The van der Waals surface area contributed by atoms with Crippen LogP contribution in [0.4, 0.5) is 0 Å². The molecule has 5 nitrogen and oxygen atoms in total. The Morgan fingerprint density at radius 1 is 1.19 bits per heavy atom. The van der Waals surface area contributed by atoms with Gasteiger partial charge in [-0.2, -0.15) is 5.06 Å². The van der Waals surface area contributed by atoms with Gasteiger partial charge >= 0.3 is 0 Å². The van der Waals surface area contributed by atoms with E-state index in [0.717, 1.165) is 11.1 Å². The van der Waals surface area contributed by atoms with E-state index in [4.69, 9.17) is 4.84 Å². The molecule has 2 N–H and O–H groups in total. The van der Waals surface area contributed by atoms with Crippen molar-refractivity contribution >= 4 is 5.91 Å². The molecule has 1 saturated heterocycles. The van der Waals surface area contributed by atoms with Crippen LogP contribution in [-0.2, 0) is 16.2 Å². The number of carbonyl (C=O) groups excluding carboxylic acids is 1.